The van der Waals surface area contributed by atoms with Crippen molar-refractivity contribution in [3.05, 3.63) is 24.3 Å². The third-order valence-electron chi connectivity index (χ3n) is 5.62. The number of benzene rings is 1. The normalized spacial score (nSPS) is 17.2. The molecule has 2 aliphatic heterocycles. The fourth-order valence-corrected chi connectivity index (χ4v) is 4.64. The Bertz CT molecular complexity index is 908. The van der Waals surface area contributed by atoms with E-state index >= 15 is 0 Å². The molecule has 0 aliphatic carbocycles. The van der Waals surface area contributed by atoms with Crippen LogP contribution in [0.4, 0.5) is 0 Å². The number of piperazine rings is 1. The summed E-state index contributed by atoms with van der Waals surface area (Å²) >= 11 is 1.30. The van der Waals surface area contributed by atoms with Crippen LogP contribution < -0.4 is 4.74 Å². The number of para-hydroxylation sites is 2. The lowest BCUT2D eigenvalue weighted by molar-refractivity contribution is -0.133. The molecular weight excluding hydrogens is 418 g/mol. The summed E-state index contributed by atoms with van der Waals surface area (Å²) in [6.45, 7) is 4.90. The summed E-state index contributed by atoms with van der Waals surface area (Å²) in [4.78, 5) is 31.0. The van der Waals surface area contributed by atoms with E-state index in [1.807, 2.05) is 34.1 Å². The molecule has 1 aromatic heterocycles. The Morgan fingerprint density at radius 3 is 2.45 bits per heavy atom. The highest BCUT2D eigenvalue weighted by Gasteiger charge is 2.25. The number of aromatic nitrogens is 4. The maximum absolute atomic E-state index is 12.7. The minimum atomic E-state index is 0.0464. The molecule has 2 amide bonds. The van der Waals surface area contributed by atoms with Crippen molar-refractivity contribution in [2.75, 3.05) is 58.7 Å². The van der Waals surface area contributed by atoms with E-state index in [4.69, 9.17) is 4.74 Å². The van der Waals surface area contributed by atoms with E-state index in [9.17, 15) is 9.59 Å². The topological polar surface area (TPSA) is 96.7 Å². The maximum Gasteiger partial charge on any atom is 0.236 e. The SMILES string of the molecule is COc1ccccc1-n1nnnc1SCC(=O)N1CCN(CC(=O)N2CCCC2)CC1. The molecule has 0 spiro atoms. The number of amides is 2. The zero-order valence-electron chi connectivity index (χ0n) is 17.6. The largest absolute Gasteiger partial charge is 0.494 e. The first-order valence-corrected chi connectivity index (χ1v) is 11.5. The molecule has 0 bridgehead atoms. The number of tetrazole rings is 1. The second-order valence-corrected chi connectivity index (χ2v) is 8.52. The van der Waals surface area contributed by atoms with Gasteiger partial charge in [0, 0.05) is 39.3 Å². The van der Waals surface area contributed by atoms with E-state index < -0.39 is 0 Å². The lowest BCUT2D eigenvalue weighted by Gasteiger charge is -2.35. The molecule has 2 aromatic rings. The number of nitrogens with zero attached hydrogens (tertiary/aromatic N) is 7. The van der Waals surface area contributed by atoms with Crippen LogP contribution in [-0.4, -0.2) is 105 Å². The summed E-state index contributed by atoms with van der Waals surface area (Å²) in [6, 6.07) is 7.46. The molecule has 166 valence electrons. The van der Waals surface area contributed by atoms with Crippen LogP contribution in [0, 0.1) is 0 Å². The van der Waals surface area contributed by atoms with Crippen LogP contribution in [0.25, 0.3) is 5.69 Å². The Balaban J connectivity index is 1.27. The highest BCUT2D eigenvalue weighted by molar-refractivity contribution is 7.99. The van der Waals surface area contributed by atoms with E-state index in [1.54, 1.807) is 11.8 Å². The van der Waals surface area contributed by atoms with Crippen molar-refractivity contribution >= 4 is 23.6 Å². The summed E-state index contributed by atoms with van der Waals surface area (Å²) in [5.41, 5.74) is 0.723. The van der Waals surface area contributed by atoms with Crippen molar-refractivity contribution in [2.45, 2.75) is 18.0 Å². The first-order chi connectivity index (χ1) is 15.2. The van der Waals surface area contributed by atoms with E-state index in [2.05, 4.69) is 20.4 Å². The monoisotopic (exact) mass is 445 g/mol. The van der Waals surface area contributed by atoms with E-state index in [1.165, 1.54) is 11.8 Å². The van der Waals surface area contributed by atoms with Gasteiger partial charge in [0.15, 0.2) is 0 Å². The van der Waals surface area contributed by atoms with Gasteiger partial charge in [-0.05, 0) is 35.4 Å². The number of hydrogen-bond donors (Lipinski definition) is 0. The zero-order chi connectivity index (χ0) is 21.6. The van der Waals surface area contributed by atoms with Crippen molar-refractivity contribution < 1.29 is 14.3 Å². The maximum atomic E-state index is 12.7. The number of methoxy groups -OCH3 is 1. The van der Waals surface area contributed by atoms with Gasteiger partial charge in [-0.3, -0.25) is 14.5 Å². The van der Waals surface area contributed by atoms with Crippen LogP contribution in [0.5, 0.6) is 5.75 Å². The van der Waals surface area contributed by atoms with E-state index in [0.29, 0.717) is 30.5 Å². The quantitative estimate of drug-likeness (QED) is 0.570. The molecule has 1 aromatic carbocycles. The van der Waals surface area contributed by atoms with Crippen molar-refractivity contribution in [1.82, 2.24) is 34.9 Å². The van der Waals surface area contributed by atoms with Gasteiger partial charge in [0.05, 0.1) is 19.4 Å². The first kappa shape index (κ1) is 21.6. The highest BCUT2D eigenvalue weighted by atomic mass is 32.2. The molecule has 0 N–H and O–H groups in total. The fourth-order valence-electron chi connectivity index (χ4n) is 3.86. The fraction of sp³-hybridized carbons (Fsp3) is 0.550. The van der Waals surface area contributed by atoms with Crippen molar-refractivity contribution in [2.24, 2.45) is 0 Å². The Labute approximate surface area is 185 Å². The summed E-state index contributed by atoms with van der Waals surface area (Å²) in [5.74, 6) is 1.16. The van der Waals surface area contributed by atoms with Gasteiger partial charge in [0.2, 0.25) is 17.0 Å². The molecule has 2 saturated heterocycles. The van der Waals surface area contributed by atoms with Crippen molar-refractivity contribution in [1.29, 1.82) is 0 Å². The molecule has 31 heavy (non-hydrogen) atoms. The molecule has 3 heterocycles. The van der Waals surface area contributed by atoms with Crippen LogP contribution in [0.15, 0.2) is 29.4 Å². The number of carbonyl (C=O) groups excluding carboxylic acids is 2. The van der Waals surface area contributed by atoms with Gasteiger partial charge in [-0.2, -0.15) is 4.68 Å². The summed E-state index contributed by atoms with van der Waals surface area (Å²) in [5, 5.41) is 12.4. The second kappa shape index (κ2) is 10.1. The number of carbonyl (C=O) groups is 2. The van der Waals surface area contributed by atoms with Crippen LogP contribution in [-0.2, 0) is 9.59 Å². The van der Waals surface area contributed by atoms with Crippen molar-refractivity contribution in [3.8, 4) is 11.4 Å². The van der Waals surface area contributed by atoms with E-state index in [-0.39, 0.29) is 17.6 Å². The average Bonchev–Trinajstić information content (AvgIpc) is 3.50. The molecule has 4 rings (SSSR count). The number of thioether (sulfide) groups is 1. The molecule has 0 saturated carbocycles. The van der Waals surface area contributed by atoms with Gasteiger partial charge in [0.25, 0.3) is 0 Å². The number of ether oxygens (including phenoxy) is 1. The highest BCUT2D eigenvalue weighted by Crippen LogP contribution is 2.25. The lowest BCUT2D eigenvalue weighted by atomic mass is 10.3. The van der Waals surface area contributed by atoms with Gasteiger partial charge in [0.1, 0.15) is 11.4 Å². The molecule has 0 atom stereocenters. The molecule has 2 fully saturated rings. The minimum absolute atomic E-state index is 0.0464. The average molecular weight is 446 g/mol. The molecule has 2 aliphatic rings. The summed E-state index contributed by atoms with van der Waals surface area (Å²) < 4.78 is 6.96. The summed E-state index contributed by atoms with van der Waals surface area (Å²) in [6.07, 6.45) is 2.21. The van der Waals surface area contributed by atoms with E-state index in [0.717, 1.165) is 44.7 Å². The third kappa shape index (κ3) is 5.16. The smallest absolute Gasteiger partial charge is 0.236 e. The molecule has 11 heteroatoms. The van der Waals surface area contributed by atoms with Crippen LogP contribution in [0.2, 0.25) is 0 Å². The predicted molar refractivity (Wildman–Crippen MR) is 115 cm³/mol. The third-order valence-corrected chi connectivity index (χ3v) is 6.53. The Hall–Kier alpha value is -2.66. The lowest BCUT2D eigenvalue weighted by Crippen LogP contribution is -2.51. The standard InChI is InChI=1S/C20H27N7O3S/c1-30-17-7-3-2-6-16(17)27-20(21-22-23-27)31-15-19(29)26-12-10-24(11-13-26)14-18(28)25-8-4-5-9-25/h2-3,6-7H,4-5,8-15H2,1H3. The Kier molecular flexibility index (Phi) is 7.03. The zero-order valence-corrected chi connectivity index (χ0v) is 18.5. The van der Waals surface area contributed by atoms with Crippen LogP contribution >= 0.6 is 11.8 Å². The van der Waals surface area contributed by atoms with Crippen molar-refractivity contribution in [3.63, 3.8) is 0 Å². The van der Waals surface area contributed by atoms with Crippen LogP contribution in [0.3, 0.4) is 0 Å². The number of likely N-dealkylation sites (tertiary alicyclic amines) is 1. The molecular formula is C20H27N7O3S. The minimum Gasteiger partial charge on any atom is -0.494 e. The van der Waals surface area contributed by atoms with Gasteiger partial charge in [-0.1, -0.05) is 23.9 Å². The number of hydrogen-bond acceptors (Lipinski definition) is 8. The molecule has 0 unspecified atom stereocenters. The summed E-state index contributed by atoms with van der Waals surface area (Å²) in [7, 11) is 1.60. The van der Waals surface area contributed by atoms with Gasteiger partial charge in [-0.15, -0.1) is 5.10 Å². The Morgan fingerprint density at radius 1 is 1.00 bits per heavy atom. The van der Waals surface area contributed by atoms with Gasteiger partial charge in [-0.25, -0.2) is 0 Å². The molecule has 0 radical (unpaired) electrons. The Morgan fingerprint density at radius 2 is 1.71 bits per heavy atom. The van der Waals surface area contributed by atoms with Gasteiger partial charge < -0.3 is 14.5 Å². The molecule has 10 nitrogen and oxygen atoms in total. The number of rotatable bonds is 7. The second-order valence-electron chi connectivity index (χ2n) is 7.58. The first-order valence-electron chi connectivity index (χ1n) is 10.5. The van der Waals surface area contributed by atoms with Gasteiger partial charge >= 0.3 is 0 Å². The van der Waals surface area contributed by atoms with Crippen LogP contribution in [0.1, 0.15) is 12.8 Å². The predicted octanol–water partition coefficient (Wildman–Crippen LogP) is 0.530.